The van der Waals surface area contributed by atoms with Crippen molar-refractivity contribution >= 4 is 13.7 Å². The molecule has 0 saturated carbocycles. The summed E-state index contributed by atoms with van der Waals surface area (Å²) < 4.78 is 23.4. The quantitative estimate of drug-likeness (QED) is 0.0272. The molecule has 0 bridgehead atoms. The van der Waals surface area contributed by atoms with Gasteiger partial charge in [-0.25, -0.2) is 0 Å². The summed E-state index contributed by atoms with van der Waals surface area (Å²) in [7, 11) is 1.25. The Kier molecular flexibility index (Phi) is 51.2. The largest absolute Gasteiger partial charge is 0.756 e. The van der Waals surface area contributed by atoms with Gasteiger partial charge in [0.2, 0.25) is 5.91 Å². The van der Waals surface area contributed by atoms with Crippen LogP contribution < -0.4 is 10.2 Å². The molecular formula is C61H117N2O6P. The molecule has 0 aliphatic carbocycles. The maximum absolute atomic E-state index is 13.0. The molecule has 0 radical (unpaired) electrons. The summed E-state index contributed by atoms with van der Waals surface area (Å²) in [6.07, 6.45) is 69.1. The number of phosphoric acid groups is 1. The number of aliphatic hydroxyl groups is 1. The molecule has 70 heavy (non-hydrogen) atoms. The predicted molar refractivity (Wildman–Crippen MR) is 302 cm³/mol. The number of allylic oxidation sites excluding steroid dienone is 7. The van der Waals surface area contributed by atoms with Crippen LogP contribution in [0, 0.1) is 0 Å². The number of carbonyl (C=O) groups is 1. The van der Waals surface area contributed by atoms with Crippen LogP contribution in [0.4, 0.5) is 0 Å². The topological polar surface area (TPSA) is 108 Å². The van der Waals surface area contributed by atoms with Crippen molar-refractivity contribution in [3.63, 3.8) is 0 Å². The third kappa shape index (κ3) is 54.2. The van der Waals surface area contributed by atoms with Crippen LogP contribution in [-0.4, -0.2) is 68.5 Å². The van der Waals surface area contributed by atoms with Gasteiger partial charge in [-0.3, -0.25) is 9.36 Å². The van der Waals surface area contributed by atoms with E-state index in [4.69, 9.17) is 9.05 Å². The van der Waals surface area contributed by atoms with Gasteiger partial charge in [-0.1, -0.05) is 268 Å². The molecular weight excluding hydrogens is 888 g/mol. The molecule has 0 aliphatic rings. The second kappa shape index (κ2) is 52.3. The summed E-state index contributed by atoms with van der Waals surface area (Å²) >= 11 is 0. The van der Waals surface area contributed by atoms with Crippen molar-refractivity contribution in [2.45, 2.75) is 296 Å². The second-order valence-electron chi connectivity index (χ2n) is 21.7. The molecule has 0 heterocycles. The first kappa shape index (κ1) is 68.5. The van der Waals surface area contributed by atoms with E-state index >= 15 is 0 Å². The minimum atomic E-state index is -4.60. The number of unbranched alkanes of at least 4 members (excludes halogenated alkanes) is 36. The Labute approximate surface area is 435 Å². The van der Waals surface area contributed by atoms with Crippen molar-refractivity contribution in [1.29, 1.82) is 0 Å². The highest BCUT2D eigenvalue weighted by molar-refractivity contribution is 7.45. The lowest BCUT2D eigenvalue weighted by atomic mass is 10.0. The first-order valence-corrected chi connectivity index (χ1v) is 31.5. The molecule has 0 aromatic rings. The third-order valence-electron chi connectivity index (χ3n) is 13.5. The van der Waals surface area contributed by atoms with Crippen molar-refractivity contribution in [3.8, 4) is 0 Å². The highest BCUT2D eigenvalue weighted by Gasteiger charge is 2.23. The highest BCUT2D eigenvalue weighted by atomic mass is 31.2. The van der Waals surface area contributed by atoms with Crippen molar-refractivity contribution in [1.82, 2.24) is 5.32 Å². The number of rotatable bonds is 55. The molecule has 0 aromatic carbocycles. The van der Waals surface area contributed by atoms with E-state index in [2.05, 4.69) is 55.6 Å². The number of nitrogens with one attached hydrogen (secondary N) is 1. The van der Waals surface area contributed by atoms with Crippen LogP contribution >= 0.6 is 7.82 Å². The van der Waals surface area contributed by atoms with Crippen molar-refractivity contribution in [2.24, 2.45) is 0 Å². The molecule has 0 spiro atoms. The van der Waals surface area contributed by atoms with Gasteiger partial charge in [-0.05, 0) is 57.8 Å². The smallest absolute Gasteiger partial charge is 0.268 e. The van der Waals surface area contributed by atoms with E-state index in [1.165, 1.54) is 199 Å². The van der Waals surface area contributed by atoms with E-state index in [0.29, 0.717) is 17.4 Å². The Bertz CT molecular complexity index is 1280. The fourth-order valence-electron chi connectivity index (χ4n) is 8.81. The number of phosphoric ester groups is 1. The molecule has 2 N–H and O–H groups in total. The van der Waals surface area contributed by atoms with Crippen LogP contribution in [0.3, 0.4) is 0 Å². The lowest BCUT2D eigenvalue weighted by molar-refractivity contribution is -0.870. The molecule has 1 amide bonds. The summed E-state index contributed by atoms with van der Waals surface area (Å²) in [6, 6.07) is -0.896. The first-order valence-electron chi connectivity index (χ1n) is 30.0. The van der Waals surface area contributed by atoms with Crippen LogP contribution in [-0.2, 0) is 18.4 Å². The van der Waals surface area contributed by atoms with Crippen LogP contribution in [0.15, 0.2) is 48.6 Å². The monoisotopic (exact) mass is 1000 g/mol. The van der Waals surface area contributed by atoms with E-state index in [0.717, 1.165) is 64.2 Å². The second-order valence-corrected chi connectivity index (χ2v) is 23.1. The summed E-state index contributed by atoms with van der Waals surface area (Å²) in [5.41, 5.74) is 0. The molecule has 0 rings (SSSR count). The molecule has 3 unspecified atom stereocenters. The lowest BCUT2D eigenvalue weighted by Gasteiger charge is -2.29. The van der Waals surface area contributed by atoms with Crippen LogP contribution in [0.1, 0.15) is 284 Å². The van der Waals surface area contributed by atoms with Gasteiger partial charge in [0.25, 0.3) is 7.82 Å². The van der Waals surface area contributed by atoms with E-state index in [1.807, 2.05) is 27.2 Å². The zero-order chi connectivity index (χ0) is 51.3. The van der Waals surface area contributed by atoms with Gasteiger partial charge in [-0.15, -0.1) is 0 Å². The summed E-state index contributed by atoms with van der Waals surface area (Å²) in [5.74, 6) is -0.208. The first-order chi connectivity index (χ1) is 34.0. The predicted octanol–water partition coefficient (Wildman–Crippen LogP) is 17.7. The third-order valence-corrected chi connectivity index (χ3v) is 14.5. The van der Waals surface area contributed by atoms with Crippen molar-refractivity contribution in [2.75, 3.05) is 40.9 Å². The summed E-state index contributed by atoms with van der Waals surface area (Å²) in [6.45, 7) is 4.64. The van der Waals surface area contributed by atoms with Crippen molar-refractivity contribution < 1.29 is 32.9 Å². The highest BCUT2D eigenvalue weighted by Crippen LogP contribution is 2.38. The number of hydrogen-bond acceptors (Lipinski definition) is 6. The minimum Gasteiger partial charge on any atom is -0.756 e. The molecule has 0 aliphatic heterocycles. The zero-order valence-electron chi connectivity index (χ0n) is 47.0. The number of amides is 1. The Balaban J connectivity index is 4.17. The van der Waals surface area contributed by atoms with Gasteiger partial charge in [0.15, 0.2) is 0 Å². The number of quaternary nitrogens is 1. The maximum Gasteiger partial charge on any atom is 0.268 e. The van der Waals surface area contributed by atoms with E-state index in [-0.39, 0.29) is 19.1 Å². The Morgan fingerprint density at radius 3 is 1.23 bits per heavy atom. The molecule has 0 aromatic heterocycles. The number of nitrogens with zero attached hydrogens (tertiary/aromatic N) is 1. The van der Waals surface area contributed by atoms with Gasteiger partial charge in [0, 0.05) is 6.42 Å². The lowest BCUT2D eigenvalue weighted by Crippen LogP contribution is -2.45. The standard InChI is InChI=1S/C61H117N2O6P/c1-6-8-10-12-14-16-18-20-22-24-26-27-28-29-30-31-32-33-34-35-37-38-40-42-44-46-48-50-52-54-60(64)59(58-69-70(66,67)68-57-56-63(3,4)5)62-61(65)55-53-51-49-47-45-43-41-39-36-25-23-21-19-17-15-13-11-9-7-2/h15,17,21,23,36,39,52,54,59-60,64H,6-14,16,18-20,22,24-35,37-38,40-51,53,55-58H2,1-5H3,(H-,62,65,66,67)/b17-15-,23-21-,39-36-,54-52+. The number of hydrogen-bond donors (Lipinski definition) is 2. The Hall–Kier alpha value is -1.54. The van der Waals surface area contributed by atoms with E-state index < -0.39 is 20.0 Å². The zero-order valence-corrected chi connectivity index (χ0v) is 47.9. The van der Waals surface area contributed by atoms with Gasteiger partial charge in [0.05, 0.1) is 39.9 Å². The molecule has 9 heteroatoms. The van der Waals surface area contributed by atoms with Gasteiger partial charge < -0.3 is 28.8 Å². The van der Waals surface area contributed by atoms with Gasteiger partial charge in [-0.2, -0.15) is 0 Å². The van der Waals surface area contributed by atoms with Gasteiger partial charge >= 0.3 is 0 Å². The number of likely N-dealkylation sites (N-methyl/N-ethyl adjacent to an activating group) is 1. The van der Waals surface area contributed by atoms with E-state index in [9.17, 15) is 19.4 Å². The van der Waals surface area contributed by atoms with Crippen LogP contribution in [0.5, 0.6) is 0 Å². The maximum atomic E-state index is 13.0. The summed E-state index contributed by atoms with van der Waals surface area (Å²) in [5, 5.41) is 13.9. The normalized spacial score (nSPS) is 14.2. The van der Waals surface area contributed by atoms with Crippen LogP contribution in [0.25, 0.3) is 0 Å². The Morgan fingerprint density at radius 2 is 0.829 bits per heavy atom. The van der Waals surface area contributed by atoms with Crippen LogP contribution in [0.2, 0.25) is 0 Å². The fourth-order valence-corrected chi connectivity index (χ4v) is 9.53. The molecule has 0 fully saturated rings. The average Bonchev–Trinajstić information content (AvgIpc) is 3.32. The average molecular weight is 1010 g/mol. The minimum absolute atomic E-state index is 0.00468. The molecule has 412 valence electrons. The molecule has 8 nitrogen and oxygen atoms in total. The number of carbonyl (C=O) groups excluding carboxylic acids is 1. The number of aliphatic hydroxyl groups excluding tert-OH is 1. The molecule has 3 atom stereocenters. The molecule has 0 saturated heterocycles. The SMILES string of the molecule is CCCCC/C=C\C/C=C\C/C=C\CCCCCCCCC(=O)NC(COP(=O)([O-])OCC[N+](C)(C)C)C(O)/C=C/CCCCCCCCCCCCCCCCCCCCCCCCCCCCC. The fraction of sp³-hybridized carbons (Fsp3) is 0.852. The van der Waals surface area contributed by atoms with Gasteiger partial charge in [0.1, 0.15) is 13.2 Å². The Morgan fingerprint density at radius 1 is 0.500 bits per heavy atom. The summed E-state index contributed by atoms with van der Waals surface area (Å²) in [4.78, 5) is 25.5. The van der Waals surface area contributed by atoms with Crippen molar-refractivity contribution in [3.05, 3.63) is 48.6 Å². The van der Waals surface area contributed by atoms with E-state index in [1.54, 1.807) is 6.08 Å².